The Labute approximate surface area is 176 Å². The highest BCUT2D eigenvalue weighted by Gasteiger charge is 2.20. The van der Waals surface area contributed by atoms with Crippen LogP contribution in [-0.2, 0) is 4.79 Å². The van der Waals surface area contributed by atoms with Crippen LogP contribution in [0.2, 0.25) is 0 Å². The summed E-state index contributed by atoms with van der Waals surface area (Å²) in [5.74, 6) is 1.99. The molecular formula is C27H34O2. The van der Waals surface area contributed by atoms with Crippen molar-refractivity contribution >= 4 is 11.5 Å². The van der Waals surface area contributed by atoms with Crippen LogP contribution < -0.4 is 4.74 Å². The highest BCUT2D eigenvalue weighted by molar-refractivity contribution is 5.72. The second kappa shape index (κ2) is 10.4. The molecule has 29 heavy (non-hydrogen) atoms. The molecule has 0 saturated heterocycles. The Bertz CT molecular complexity index is 815. The molecule has 2 nitrogen and oxygen atoms in total. The van der Waals surface area contributed by atoms with Gasteiger partial charge in [-0.2, -0.15) is 0 Å². The van der Waals surface area contributed by atoms with Crippen LogP contribution in [-0.4, -0.2) is 5.97 Å². The van der Waals surface area contributed by atoms with Crippen LogP contribution in [0.25, 0.3) is 16.7 Å². The zero-order chi connectivity index (χ0) is 20.6. The molecule has 0 aromatic heterocycles. The molecule has 0 fully saturated rings. The second-order valence-corrected chi connectivity index (χ2v) is 8.43. The lowest BCUT2D eigenvalue weighted by molar-refractivity contribution is -0.131. The van der Waals surface area contributed by atoms with E-state index in [9.17, 15) is 4.79 Å². The first-order chi connectivity index (χ1) is 14.1. The van der Waals surface area contributed by atoms with E-state index >= 15 is 0 Å². The van der Waals surface area contributed by atoms with Crippen molar-refractivity contribution in [3.63, 3.8) is 0 Å². The van der Waals surface area contributed by atoms with Gasteiger partial charge in [0.05, 0.1) is 0 Å². The van der Waals surface area contributed by atoms with Crippen molar-refractivity contribution in [2.45, 2.75) is 65.7 Å². The topological polar surface area (TPSA) is 26.3 Å². The van der Waals surface area contributed by atoms with Gasteiger partial charge in [0.1, 0.15) is 5.75 Å². The number of hydrogen-bond acceptors (Lipinski definition) is 2. The van der Waals surface area contributed by atoms with E-state index in [1.54, 1.807) is 0 Å². The molecule has 0 aliphatic heterocycles. The highest BCUT2D eigenvalue weighted by Crippen LogP contribution is 2.36. The molecule has 0 amide bonds. The molecule has 154 valence electrons. The Morgan fingerprint density at radius 2 is 1.62 bits per heavy atom. The van der Waals surface area contributed by atoms with Gasteiger partial charge in [-0.1, -0.05) is 82.0 Å². The lowest BCUT2D eigenvalue weighted by Gasteiger charge is -2.27. The van der Waals surface area contributed by atoms with Crippen molar-refractivity contribution in [2.75, 3.05) is 0 Å². The van der Waals surface area contributed by atoms with Gasteiger partial charge in [0, 0.05) is 6.92 Å². The molecular weight excluding hydrogens is 356 g/mol. The molecule has 0 heterocycles. The summed E-state index contributed by atoms with van der Waals surface area (Å²) >= 11 is 0. The number of rotatable bonds is 8. The predicted octanol–water partition coefficient (Wildman–Crippen LogP) is 7.68. The van der Waals surface area contributed by atoms with Gasteiger partial charge in [0.2, 0.25) is 0 Å². The maximum absolute atomic E-state index is 11.0. The normalized spacial score (nSPS) is 17.5. The minimum atomic E-state index is -0.291. The van der Waals surface area contributed by atoms with Crippen LogP contribution in [0.4, 0.5) is 0 Å². The Kier molecular flexibility index (Phi) is 7.69. The Morgan fingerprint density at radius 1 is 1.00 bits per heavy atom. The van der Waals surface area contributed by atoms with Gasteiger partial charge >= 0.3 is 5.97 Å². The molecule has 0 saturated carbocycles. The molecule has 2 aromatic carbocycles. The number of carbonyl (C=O) groups excluding carboxylic acids is 1. The molecule has 2 aromatic rings. The lowest BCUT2D eigenvalue weighted by atomic mass is 9.78. The van der Waals surface area contributed by atoms with Gasteiger partial charge in [-0.15, -0.1) is 0 Å². The lowest BCUT2D eigenvalue weighted by Crippen LogP contribution is -2.14. The molecule has 1 aliphatic carbocycles. The number of allylic oxidation sites excluding steroid dienone is 2. The van der Waals surface area contributed by atoms with E-state index in [1.165, 1.54) is 68.6 Å². The standard InChI is InChI=1S/C27H34O2/c1-4-5-6-7-20(2)22-8-10-23(11-9-22)24-12-14-25(15-13-24)26-16-18-27(19-17-26)29-21(3)28/h10,12-20,22H,4-9,11H2,1-3H3. The molecule has 2 atom stereocenters. The molecule has 0 radical (unpaired) electrons. The van der Waals surface area contributed by atoms with E-state index in [1.807, 2.05) is 24.3 Å². The van der Waals surface area contributed by atoms with Crippen LogP contribution in [0.3, 0.4) is 0 Å². The third-order valence-electron chi connectivity index (χ3n) is 6.22. The van der Waals surface area contributed by atoms with E-state index in [2.05, 4.69) is 44.2 Å². The number of unbranched alkanes of at least 4 members (excludes halogenated alkanes) is 2. The van der Waals surface area contributed by atoms with E-state index in [0.717, 1.165) is 17.4 Å². The summed E-state index contributed by atoms with van der Waals surface area (Å²) in [4.78, 5) is 11.0. The van der Waals surface area contributed by atoms with Crippen LogP contribution in [0, 0.1) is 11.8 Å². The third-order valence-corrected chi connectivity index (χ3v) is 6.22. The molecule has 2 unspecified atom stereocenters. The Morgan fingerprint density at radius 3 is 2.17 bits per heavy atom. The number of hydrogen-bond donors (Lipinski definition) is 0. The number of ether oxygens (including phenoxy) is 1. The fraction of sp³-hybridized carbons (Fsp3) is 0.444. The van der Waals surface area contributed by atoms with Crippen molar-refractivity contribution in [3.8, 4) is 16.9 Å². The highest BCUT2D eigenvalue weighted by atomic mass is 16.5. The number of esters is 1. The summed E-state index contributed by atoms with van der Waals surface area (Å²) in [5.41, 5.74) is 5.16. The smallest absolute Gasteiger partial charge is 0.308 e. The Balaban J connectivity index is 1.60. The van der Waals surface area contributed by atoms with Gasteiger partial charge in [-0.05, 0) is 65.5 Å². The second-order valence-electron chi connectivity index (χ2n) is 8.43. The zero-order valence-electron chi connectivity index (χ0n) is 18.1. The van der Waals surface area contributed by atoms with Crippen LogP contribution in [0.5, 0.6) is 5.75 Å². The summed E-state index contributed by atoms with van der Waals surface area (Å²) < 4.78 is 5.11. The Hall–Kier alpha value is -2.35. The third kappa shape index (κ3) is 6.06. The minimum Gasteiger partial charge on any atom is -0.427 e. The van der Waals surface area contributed by atoms with Crippen molar-refractivity contribution in [1.29, 1.82) is 0 Å². The summed E-state index contributed by atoms with van der Waals surface area (Å²) in [7, 11) is 0. The first kappa shape index (κ1) is 21.4. The van der Waals surface area contributed by atoms with Crippen molar-refractivity contribution in [3.05, 3.63) is 60.2 Å². The van der Waals surface area contributed by atoms with Crippen molar-refractivity contribution in [1.82, 2.24) is 0 Å². The predicted molar refractivity (Wildman–Crippen MR) is 122 cm³/mol. The van der Waals surface area contributed by atoms with Crippen LogP contribution in [0.15, 0.2) is 54.6 Å². The van der Waals surface area contributed by atoms with E-state index < -0.39 is 0 Å². The first-order valence-electron chi connectivity index (χ1n) is 11.1. The van der Waals surface area contributed by atoms with Crippen LogP contribution in [0.1, 0.15) is 71.3 Å². The molecule has 0 N–H and O–H groups in total. The quantitative estimate of drug-likeness (QED) is 0.262. The van der Waals surface area contributed by atoms with Gasteiger partial charge in [-0.3, -0.25) is 4.79 Å². The van der Waals surface area contributed by atoms with Crippen LogP contribution >= 0.6 is 0 Å². The average molecular weight is 391 g/mol. The molecule has 2 heteroatoms. The number of benzene rings is 2. The summed E-state index contributed by atoms with van der Waals surface area (Å²) in [5, 5.41) is 0. The summed E-state index contributed by atoms with van der Waals surface area (Å²) in [6, 6.07) is 16.5. The molecule has 0 spiro atoms. The number of carbonyl (C=O) groups is 1. The van der Waals surface area contributed by atoms with Crippen molar-refractivity contribution in [2.24, 2.45) is 11.8 Å². The fourth-order valence-corrected chi connectivity index (χ4v) is 4.34. The van der Waals surface area contributed by atoms with Gasteiger partial charge < -0.3 is 4.74 Å². The molecule has 1 aliphatic rings. The van der Waals surface area contributed by atoms with E-state index in [-0.39, 0.29) is 5.97 Å². The van der Waals surface area contributed by atoms with Gasteiger partial charge in [0.15, 0.2) is 0 Å². The van der Waals surface area contributed by atoms with E-state index in [0.29, 0.717) is 5.75 Å². The largest absolute Gasteiger partial charge is 0.427 e. The maximum Gasteiger partial charge on any atom is 0.308 e. The van der Waals surface area contributed by atoms with E-state index in [4.69, 9.17) is 4.74 Å². The molecule has 3 rings (SSSR count). The maximum atomic E-state index is 11.0. The van der Waals surface area contributed by atoms with Crippen molar-refractivity contribution < 1.29 is 9.53 Å². The SMILES string of the molecule is CCCCCC(C)C1CC=C(c2ccc(-c3ccc(OC(C)=O)cc3)cc2)CC1. The summed E-state index contributed by atoms with van der Waals surface area (Å²) in [6.07, 6.45) is 11.7. The zero-order valence-corrected chi connectivity index (χ0v) is 18.1. The van der Waals surface area contributed by atoms with Gasteiger partial charge in [-0.25, -0.2) is 0 Å². The summed E-state index contributed by atoms with van der Waals surface area (Å²) in [6.45, 7) is 6.15. The molecule has 0 bridgehead atoms. The average Bonchev–Trinajstić information content (AvgIpc) is 2.74. The first-order valence-corrected chi connectivity index (χ1v) is 11.1. The van der Waals surface area contributed by atoms with Gasteiger partial charge in [0.25, 0.3) is 0 Å². The monoisotopic (exact) mass is 390 g/mol. The minimum absolute atomic E-state index is 0.291. The fourth-order valence-electron chi connectivity index (χ4n) is 4.34.